The summed E-state index contributed by atoms with van der Waals surface area (Å²) < 4.78 is 21.6. The van der Waals surface area contributed by atoms with Crippen LogP contribution in [0.5, 0.6) is 0 Å². The van der Waals surface area contributed by atoms with E-state index < -0.39 is 0 Å². The van der Waals surface area contributed by atoms with Gasteiger partial charge < -0.3 is 34.0 Å². The fourth-order valence-corrected chi connectivity index (χ4v) is 2.40. The zero-order valence-electron chi connectivity index (χ0n) is 19.9. The van der Waals surface area contributed by atoms with Gasteiger partial charge in [-0.25, -0.2) is 0 Å². The van der Waals surface area contributed by atoms with Gasteiger partial charge in [0.15, 0.2) is 0 Å². The van der Waals surface area contributed by atoms with Crippen LogP contribution in [0.4, 0.5) is 0 Å². The molecule has 0 heterocycles. The summed E-state index contributed by atoms with van der Waals surface area (Å²) in [7, 11) is 3.46. The maximum atomic E-state index is 11.7. The van der Waals surface area contributed by atoms with Crippen molar-refractivity contribution in [2.45, 2.75) is 12.8 Å². The molecule has 0 saturated heterocycles. The van der Waals surface area contributed by atoms with Crippen LogP contribution in [-0.4, -0.2) is 127 Å². The van der Waals surface area contributed by atoms with E-state index in [4.69, 9.17) is 18.9 Å². The minimum Gasteiger partial charge on any atom is -0.379 e. The number of carbonyl (C=O) groups is 4. The average molecular weight is 474 g/mol. The monoisotopic (exact) mass is 473 g/mol. The quantitative estimate of drug-likeness (QED) is 0.116. The summed E-state index contributed by atoms with van der Waals surface area (Å²) in [6.45, 7) is 5.71. The van der Waals surface area contributed by atoms with E-state index in [0.29, 0.717) is 72.2 Å². The fraction of sp³-hybridized carbons (Fsp3) is 0.727. The van der Waals surface area contributed by atoms with Crippen molar-refractivity contribution in [3.8, 4) is 0 Å². The van der Waals surface area contributed by atoms with Crippen LogP contribution in [-0.2, 0) is 38.1 Å². The Bertz CT molecular complexity index is 560. The Labute approximate surface area is 196 Å². The van der Waals surface area contributed by atoms with E-state index in [1.165, 1.54) is 4.90 Å². The van der Waals surface area contributed by atoms with E-state index >= 15 is 0 Å². The summed E-state index contributed by atoms with van der Waals surface area (Å²) in [6.07, 6.45) is 4.73. The molecule has 0 aliphatic rings. The van der Waals surface area contributed by atoms with Gasteiger partial charge in [0, 0.05) is 45.8 Å². The first-order valence-electron chi connectivity index (χ1n) is 11.1. The number of ether oxygens (including phenoxy) is 4. The number of hydrogen-bond acceptors (Lipinski definition) is 9. The second kappa shape index (κ2) is 23.0. The molecule has 0 bridgehead atoms. The number of nitrogens with one attached hydrogen (secondary N) is 1. The SMILES string of the molecule is CN(CC=O)CCCOCCOCCOCCOCCNC(=O)CCN(C)C(=O)/C=C\C=O. The molecule has 0 unspecified atom stereocenters. The van der Waals surface area contributed by atoms with Crippen LogP contribution in [0.3, 0.4) is 0 Å². The van der Waals surface area contributed by atoms with E-state index in [0.717, 1.165) is 31.4 Å². The fourth-order valence-electron chi connectivity index (χ4n) is 2.40. The van der Waals surface area contributed by atoms with Gasteiger partial charge in [0.1, 0.15) is 12.6 Å². The normalized spacial score (nSPS) is 11.1. The van der Waals surface area contributed by atoms with Gasteiger partial charge in [-0.05, 0) is 19.5 Å². The molecule has 1 N–H and O–H groups in total. The number of likely N-dealkylation sites (N-methyl/N-ethyl adjacent to an activating group) is 2. The summed E-state index contributed by atoms with van der Waals surface area (Å²) in [6, 6.07) is 0. The van der Waals surface area contributed by atoms with Gasteiger partial charge in [0.25, 0.3) is 0 Å². The molecular formula is C22H39N3O8. The molecule has 0 radical (unpaired) electrons. The van der Waals surface area contributed by atoms with Crippen LogP contribution in [0.15, 0.2) is 12.2 Å². The van der Waals surface area contributed by atoms with Crippen LogP contribution in [0, 0.1) is 0 Å². The molecule has 33 heavy (non-hydrogen) atoms. The van der Waals surface area contributed by atoms with Crippen LogP contribution in [0.1, 0.15) is 12.8 Å². The highest BCUT2D eigenvalue weighted by molar-refractivity contribution is 5.91. The van der Waals surface area contributed by atoms with Gasteiger partial charge in [-0.1, -0.05) is 0 Å². The lowest BCUT2D eigenvalue weighted by Crippen LogP contribution is -2.33. The van der Waals surface area contributed by atoms with Crippen molar-refractivity contribution >= 4 is 24.4 Å². The Balaban J connectivity index is 3.34. The van der Waals surface area contributed by atoms with E-state index in [1.54, 1.807) is 7.05 Å². The third-order valence-electron chi connectivity index (χ3n) is 4.27. The van der Waals surface area contributed by atoms with E-state index in [-0.39, 0.29) is 24.8 Å². The van der Waals surface area contributed by atoms with Crippen molar-refractivity contribution in [3.05, 3.63) is 12.2 Å². The lowest BCUT2D eigenvalue weighted by atomic mass is 10.3. The molecule has 0 aromatic carbocycles. The number of carbonyl (C=O) groups excluding carboxylic acids is 4. The predicted octanol–water partition coefficient (Wildman–Crippen LogP) is -0.707. The first kappa shape index (κ1) is 30.8. The molecule has 0 spiro atoms. The second-order valence-corrected chi connectivity index (χ2v) is 7.09. The first-order chi connectivity index (χ1) is 16.0. The van der Waals surface area contributed by atoms with Gasteiger partial charge in [0.2, 0.25) is 11.8 Å². The average Bonchev–Trinajstić information content (AvgIpc) is 2.80. The molecule has 0 aliphatic carbocycles. The maximum Gasteiger partial charge on any atom is 0.246 e. The molecule has 0 aliphatic heterocycles. The van der Waals surface area contributed by atoms with Crippen LogP contribution >= 0.6 is 0 Å². The smallest absolute Gasteiger partial charge is 0.246 e. The Morgan fingerprint density at radius 3 is 1.97 bits per heavy atom. The number of rotatable bonds is 23. The minimum atomic E-state index is -0.330. The number of hydrogen-bond donors (Lipinski definition) is 1. The van der Waals surface area contributed by atoms with Gasteiger partial charge in [0.05, 0.1) is 52.8 Å². The molecule has 0 saturated carbocycles. The van der Waals surface area contributed by atoms with Gasteiger partial charge in [-0.3, -0.25) is 19.3 Å². The zero-order chi connectivity index (χ0) is 24.6. The highest BCUT2D eigenvalue weighted by Crippen LogP contribution is 1.91. The summed E-state index contributed by atoms with van der Waals surface area (Å²) in [4.78, 5) is 47.1. The Morgan fingerprint density at radius 1 is 0.818 bits per heavy atom. The standard InChI is InChI=1S/C22H39N3O8/c1-24(10-12-27)8-4-13-30-15-17-32-19-20-33-18-16-31-14-7-23-21(28)6-9-25(2)22(29)5-3-11-26/h3,5,11-12H,4,6-10,13-20H2,1-2H3,(H,23,28)/b5-3-. The van der Waals surface area contributed by atoms with Crippen molar-refractivity contribution in [2.75, 3.05) is 93.1 Å². The number of amides is 2. The predicted molar refractivity (Wildman–Crippen MR) is 122 cm³/mol. The van der Waals surface area contributed by atoms with Crippen molar-refractivity contribution in [3.63, 3.8) is 0 Å². The molecule has 11 heteroatoms. The third-order valence-corrected chi connectivity index (χ3v) is 4.27. The van der Waals surface area contributed by atoms with Crippen LogP contribution in [0.2, 0.25) is 0 Å². The third kappa shape index (κ3) is 21.4. The maximum absolute atomic E-state index is 11.7. The summed E-state index contributed by atoms with van der Waals surface area (Å²) in [5, 5.41) is 2.71. The van der Waals surface area contributed by atoms with E-state index in [9.17, 15) is 19.2 Å². The number of aldehydes is 2. The molecule has 0 aromatic heterocycles. The summed E-state index contributed by atoms with van der Waals surface area (Å²) in [5.41, 5.74) is 0. The highest BCUT2D eigenvalue weighted by atomic mass is 16.6. The van der Waals surface area contributed by atoms with Gasteiger partial charge >= 0.3 is 0 Å². The molecule has 0 fully saturated rings. The van der Waals surface area contributed by atoms with Crippen LogP contribution < -0.4 is 5.32 Å². The second-order valence-electron chi connectivity index (χ2n) is 7.09. The van der Waals surface area contributed by atoms with Crippen molar-refractivity contribution in [1.29, 1.82) is 0 Å². The number of allylic oxidation sites excluding steroid dienone is 1. The topological polar surface area (TPSA) is 124 Å². The van der Waals surface area contributed by atoms with Crippen molar-refractivity contribution < 1.29 is 38.1 Å². The molecule has 0 aromatic rings. The van der Waals surface area contributed by atoms with Crippen molar-refractivity contribution in [1.82, 2.24) is 15.1 Å². The lowest BCUT2D eigenvalue weighted by Gasteiger charge is -2.14. The molecule has 0 rings (SSSR count). The Morgan fingerprint density at radius 2 is 1.39 bits per heavy atom. The van der Waals surface area contributed by atoms with E-state index in [2.05, 4.69) is 5.32 Å². The molecule has 2 amide bonds. The highest BCUT2D eigenvalue weighted by Gasteiger charge is 2.07. The lowest BCUT2D eigenvalue weighted by molar-refractivity contribution is -0.126. The summed E-state index contributed by atoms with van der Waals surface area (Å²) >= 11 is 0. The van der Waals surface area contributed by atoms with Crippen molar-refractivity contribution in [2.24, 2.45) is 0 Å². The number of nitrogens with zero attached hydrogens (tertiary/aromatic N) is 2. The minimum absolute atomic E-state index is 0.171. The molecular weight excluding hydrogens is 434 g/mol. The molecule has 0 atom stereocenters. The largest absolute Gasteiger partial charge is 0.379 e. The zero-order valence-corrected chi connectivity index (χ0v) is 19.9. The van der Waals surface area contributed by atoms with Gasteiger partial charge in [-0.2, -0.15) is 0 Å². The Kier molecular flexibility index (Phi) is 21.5. The van der Waals surface area contributed by atoms with Crippen LogP contribution in [0.25, 0.3) is 0 Å². The summed E-state index contributed by atoms with van der Waals surface area (Å²) in [5.74, 6) is -0.510. The first-order valence-corrected chi connectivity index (χ1v) is 11.1. The Hall–Kier alpha value is -2.18. The van der Waals surface area contributed by atoms with E-state index in [1.807, 2.05) is 11.9 Å². The molecule has 190 valence electrons. The van der Waals surface area contributed by atoms with Gasteiger partial charge in [-0.15, -0.1) is 0 Å². The molecule has 11 nitrogen and oxygen atoms in total.